The minimum Gasteiger partial charge on any atom is -0.392 e. The van der Waals surface area contributed by atoms with Crippen LogP contribution in [-0.2, 0) is 47.4 Å². The van der Waals surface area contributed by atoms with Crippen LogP contribution in [0.5, 0.6) is 0 Å². The second-order valence-electron chi connectivity index (χ2n) is 17.4. The zero-order chi connectivity index (χ0) is 35.9. The summed E-state index contributed by atoms with van der Waals surface area (Å²) < 4.78 is 60.0. The number of hydrogen-bond acceptors (Lipinski definition) is 12. The molecule has 1 spiro atoms. The number of methoxy groups -OCH3 is 1. The Morgan fingerprint density at radius 2 is 1.56 bits per heavy atom. The largest absolute Gasteiger partial charge is 0.392 e. The lowest BCUT2D eigenvalue weighted by atomic mass is 9.81. The topological polar surface area (TPSA) is 146 Å². The van der Waals surface area contributed by atoms with E-state index >= 15 is 0 Å². The summed E-state index contributed by atoms with van der Waals surface area (Å²) in [5.41, 5.74) is 8.01. The molecule has 10 aliphatic rings. The van der Waals surface area contributed by atoms with Gasteiger partial charge in [-0.15, -0.1) is 0 Å². The van der Waals surface area contributed by atoms with Gasteiger partial charge in [0, 0.05) is 58.1 Å². The van der Waals surface area contributed by atoms with Crippen molar-refractivity contribution in [1.82, 2.24) is 0 Å². The van der Waals surface area contributed by atoms with Crippen LogP contribution in [0.1, 0.15) is 90.4 Å². The Morgan fingerprint density at radius 1 is 0.808 bits per heavy atom. The van der Waals surface area contributed by atoms with Gasteiger partial charge >= 0.3 is 0 Å². The van der Waals surface area contributed by atoms with Crippen LogP contribution in [0.15, 0.2) is 24.3 Å². The lowest BCUT2D eigenvalue weighted by Crippen LogP contribution is -2.61. The Hall–Kier alpha value is -1.29. The molecule has 10 saturated heterocycles. The number of hydrogen-bond donors (Lipinski definition) is 2. The van der Waals surface area contributed by atoms with Crippen molar-refractivity contribution in [3.05, 3.63) is 24.3 Å². The number of rotatable bonds is 4. The standard InChI is InChI=1S/C40H59NO11/c1-19-11-24-5-7-28-20(2)12-26(45-28)9-10-40-17-33-36(51-40)37-38(50-33)39(52-40)35-29(49-37)8-6-25(47-35)13-22(42)14-27-31(16-30(46-24)21(19)3)48-32(34(27)44-4)15-23(43)18-41/h19,23-39,43H,2-3,5-18,41H2,1,4H3/t19-,23+,24+,25-,26?,27?,28?,29+,30?,31?,32-,33-,34-,35+,36+,37+,38-,39+,40+/m1/s1. The number of fused-ring (bicyclic) bond motifs is 6. The number of aliphatic hydroxyl groups is 1. The lowest BCUT2D eigenvalue weighted by Gasteiger charge is -2.47. The lowest BCUT2D eigenvalue weighted by molar-refractivity contribution is -0.292. The van der Waals surface area contributed by atoms with E-state index in [2.05, 4.69) is 20.1 Å². The Labute approximate surface area is 307 Å². The van der Waals surface area contributed by atoms with Crippen LogP contribution >= 0.6 is 0 Å². The molecule has 0 radical (unpaired) electrons. The first kappa shape index (κ1) is 36.4. The van der Waals surface area contributed by atoms with Gasteiger partial charge in [0.25, 0.3) is 0 Å². The zero-order valence-electron chi connectivity index (χ0n) is 30.8. The fourth-order valence-corrected chi connectivity index (χ4v) is 11.3. The minimum absolute atomic E-state index is 0.0158. The van der Waals surface area contributed by atoms with Crippen molar-refractivity contribution in [3.63, 3.8) is 0 Å². The summed E-state index contributed by atoms with van der Waals surface area (Å²) in [6.45, 7) is 11.3. The average Bonchev–Trinajstić information content (AvgIpc) is 3.79. The molecule has 10 fully saturated rings. The van der Waals surface area contributed by atoms with Gasteiger partial charge in [-0.3, -0.25) is 4.79 Å². The highest BCUT2D eigenvalue weighted by Gasteiger charge is 2.68. The summed E-state index contributed by atoms with van der Waals surface area (Å²) in [4.78, 5) is 14.1. The van der Waals surface area contributed by atoms with E-state index in [9.17, 15) is 9.90 Å². The highest BCUT2D eigenvalue weighted by atomic mass is 16.8. The van der Waals surface area contributed by atoms with Gasteiger partial charge in [0.15, 0.2) is 5.79 Å². The van der Waals surface area contributed by atoms with Crippen LogP contribution in [0.2, 0.25) is 0 Å². The monoisotopic (exact) mass is 729 g/mol. The van der Waals surface area contributed by atoms with E-state index < -0.39 is 18.0 Å². The number of ether oxygens (including phenoxy) is 9. The van der Waals surface area contributed by atoms with Crippen molar-refractivity contribution in [1.29, 1.82) is 0 Å². The van der Waals surface area contributed by atoms with Gasteiger partial charge in [-0.2, -0.15) is 0 Å². The van der Waals surface area contributed by atoms with E-state index in [1.165, 1.54) is 0 Å². The molecule has 0 aromatic heterocycles. The summed E-state index contributed by atoms with van der Waals surface area (Å²) in [6.07, 6.45) is 4.85. The molecule has 10 aliphatic heterocycles. The number of carbonyl (C=O) groups is 1. The predicted octanol–water partition coefficient (Wildman–Crippen LogP) is 3.44. The van der Waals surface area contributed by atoms with Crippen LogP contribution in [0.4, 0.5) is 0 Å². The molecule has 10 heterocycles. The highest BCUT2D eigenvalue weighted by molar-refractivity contribution is 5.79. The number of carbonyl (C=O) groups excluding carboxylic acids is 1. The molecule has 10 rings (SSSR count). The van der Waals surface area contributed by atoms with Gasteiger partial charge in [0.1, 0.15) is 36.3 Å². The maximum atomic E-state index is 14.1. The van der Waals surface area contributed by atoms with E-state index in [0.29, 0.717) is 25.7 Å². The zero-order valence-corrected chi connectivity index (χ0v) is 30.8. The minimum atomic E-state index is -0.780. The molecule has 52 heavy (non-hydrogen) atoms. The van der Waals surface area contributed by atoms with Crippen LogP contribution in [0.3, 0.4) is 0 Å². The second kappa shape index (κ2) is 14.3. The molecule has 0 aromatic rings. The Bertz CT molecular complexity index is 1380. The number of Topliss-reactive ketones (excluding diaryl/α,β-unsaturated/α-hetero) is 1. The number of nitrogens with two attached hydrogens (primary N) is 1. The quantitative estimate of drug-likeness (QED) is 0.409. The fourth-order valence-electron chi connectivity index (χ4n) is 11.3. The predicted molar refractivity (Wildman–Crippen MR) is 186 cm³/mol. The second-order valence-corrected chi connectivity index (χ2v) is 17.4. The number of ketones is 1. The van der Waals surface area contributed by atoms with Crippen molar-refractivity contribution in [2.75, 3.05) is 13.7 Å². The third-order valence-corrected chi connectivity index (χ3v) is 14.0. The highest BCUT2D eigenvalue weighted by Crippen LogP contribution is 2.54. The summed E-state index contributed by atoms with van der Waals surface area (Å²) in [5, 5.41) is 10.5. The normalized spacial score (nSPS) is 52.4. The average molecular weight is 730 g/mol. The third-order valence-electron chi connectivity index (χ3n) is 14.0. The molecule has 0 amide bonds. The maximum Gasteiger partial charge on any atom is 0.172 e. The van der Waals surface area contributed by atoms with Crippen LogP contribution in [-0.4, -0.2) is 128 Å². The summed E-state index contributed by atoms with van der Waals surface area (Å²) >= 11 is 0. The molecule has 12 heteroatoms. The van der Waals surface area contributed by atoms with Gasteiger partial charge in [0.05, 0.1) is 67.1 Å². The summed E-state index contributed by atoms with van der Waals surface area (Å²) in [5.74, 6) is -0.619. The number of aliphatic hydroxyl groups excluding tert-OH is 1. The van der Waals surface area contributed by atoms with E-state index in [-0.39, 0.29) is 122 Å². The first-order chi connectivity index (χ1) is 25.1. The Balaban J connectivity index is 0.994. The molecule has 0 saturated carbocycles. The molecular formula is C40H59NO11. The van der Waals surface area contributed by atoms with Crippen molar-refractivity contribution in [3.8, 4) is 0 Å². The molecule has 290 valence electrons. The summed E-state index contributed by atoms with van der Waals surface area (Å²) in [7, 11) is 1.66. The smallest absolute Gasteiger partial charge is 0.172 e. The molecular weight excluding hydrogens is 670 g/mol. The van der Waals surface area contributed by atoms with Gasteiger partial charge < -0.3 is 53.5 Å². The molecule has 12 nitrogen and oxygen atoms in total. The molecule has 0 aromatic carbocycles. The molecule has 5 unspecified atom stereocenters. The maximum absolute atomic E-state index is 14.1. The SMILES string of the molecule is C=C1CC2CC[C@@]34C[C@H]5O[C@H]6[C@@H](O3)[C@H]3O[C@H](CC[C@@H]3O[C@H]6[C@H]5O4)CC(=O)CC3C(CC4O[C@@H](CCC1O2)C[C@@H](C)C4=C)O[C@H](C[C@H](O)CN)[C@@H]3OC. The van der Waals surface area contributed by atoms with Gasteiger partial charge in [-0.05, 0) is 62.0 Å². The van der Waals surface area contributed by atoms with E-state index in [1.807, 2.05) is 0 Å². The van der Waals surface area contributed by atoms with Crippen LogP contribution in [0.25, 0.3) is 0 Å². The summed E-state index contributed by atoms with van der Waals surface area (Å²) in [6, 6.07) is 0. The molecule has 0 aliphatic carbocycles. The first-order valence-electron chi connectivity index (χ1n) is 20.2. The van der Waals surface area contributed by atoms with Crippen molar-refractivity contribution in [2.24, 2.45) is 17.6 Å². The van der Waals surface area contributed by atoms with Gasteiger partial charge in [0.2, 0.25) is 0 Å². The van der Waals surface area contributed by atoms with E-state index in [0.717, 1.165) is 56.1 Å². The molecule has 12 bridgehead atoms. The van der Waals surface area contributed by atoms with Crippen molar-refractivity contribution in [2.45, 2.75) is 194 Å². The molecule has 19 atom stereocenters. The van der Waals surface area contributed by atoms with Crippen molar-refractivity contribution >= 4 is 5.78 Å². The van der Waals surface area contributed by atoms with E-state index in [4.69, 9.17) is 48.4 Å². The van der Waals surface area contributed by atoms with Gasteiger partial charge in [-0.25, -0.2) is 0 Å². The van der Waals surface area contributed by atoms with E-state index in [1.54, 1.807) is 7.11 Å². The fraction of sp³-hybridized carbons (Fsp3) is 0.875. The van der Waals surface area contributed by atoms with Crippen molar-refractivity contribution < 1.29 is 52.5 Å². The Morgan fingerprint density at radius 3 is 2.38 bits per heavy atom. The molecule has 3 N–H and O–H groups in total. The van der Waals surface area contributed by atoms with Crippen LogP contribution in [0, 0.1) is 11.8 Å². The van der Waals surface area contributed by atoms with Gasteiger partial charge in [-0.1, -0.05) is 20.1 Å². The van der Waals surface area contributed by atoms with Crippen LogP contribution < -0.4 is 5.73 Å². The Kier molecular flexibility index (Phi) is 10.0. The third kappa shape index (κ3) is 6.59. The first-order valence-corrected chi connectivity index (χ1v) is 20.2.